The largest absolute Gasteiger partial charge is 0.508 e. The second kappa shape index (κ2) is 4.61. The zero-order chi connectivity index (χ0) is 13.2. The van der Waals surface area contributed by atoms with Crippen molar-refractivity contribution in [1.82, 2.24) is 10.1 Å². The van der Waals surface area contributed by atoms with E-state index in [1.807, 2.05) is 25.1 Å². The minimum atomic E-state index is 0.223. The third-order valence-electron chi connectivity index (χ3n) is 2.86. The van der Waals surface area contributed by atoms with E-state index in [0.29, 0.717) is 12.4 Å². The number of aromatic nitrogens is 2. The van der Waals surface area contributed by atoms with Crippen molar-refractivity contribution < 1.29 is 9.63 Å². The Labute approximate surface area is 109 Å². The van der Waals surface area contributed by atoms with Crippen LogP contribution in [-0.4, -0.2) is 15.2 Å². The third-order valence-corrected chi connectivity index (χ3v) is 2.86. The molecule has 3 rings (SSSR count). The molecule has 0 aliphatic carbocycles. The van der Waals surface area contributed by atoms with Crippen LogP contribution < -0.4 is 5.32 Å². The molecule has 0 aliphatic heterocycles. The summed E-state index contributed by atoms with van der Waals surface area (Å²) in [6.07, 6.45) is 1.73. The fourth-order valence-electron chi connectivity index (χ4n) is 1.97. The van der Waals surface area contributed by atoms with Crippen molar-refractivity contribution >= 4 is 16.6 Å². The molecule has 2 N–H and O–H groups in total. The minimum Gasteiger partial charge on any atom is -0.508 e. The first-order valence-electron chi connectivity index (χ1n) is 5.96. The van der Waals surface area contributed by atoms with Gasteiger partial charge in [0.25, 0.3) is 0 Å². The van der Waals surface area contributed by atoms with E-state index >= 15 is 0 Å². The van der Waals surface area contributed by atoms with Crippen LogP contribution in [0.15, 0.2) is 41.1 Å². The van der Waals surface area contributed by atoms with Gasteiger partial charge in [0.05, 0.1) is 6.54 Å². The maximum atomic E-state index is 9.56. The van der Waals surface area contributed by atoms with Gasteiger partial charge in [-0.1, -0.05) is 11.2 Å². The van der Waals surface area contributed by atoms with E-state index in [-0.39, 0.29) is 5.75 Å². The number of phenols is 1. The molecule has 0 atom stereocenters. The normalized spacial score (nSPS) is 10.8. The lowest BCUT2D eigenvalue weighted by Crippen LogP contribution is -2.01. The molecule has 2 heterocycles. The van der Waals surface area contributed by atoms with Gasteiger partial charge in [-0.15, -0.1) is 0 Å². The maximum Gasteiger partial charge on any atom is 0.134 e. The van der Waals surface area contributed by atoms with Crippen molar-refractivity contribution in [3.05, 3.63) is 48.0 Å². The quantitative estimate of drug-likeness (QED) is 0.753. The van der Waals surface area contributed by atoms with Crippen molar-refractivity contribution in [3.8, 4) is 5.75 Å². The Bertz CT molecular complexity index is 722. The van der Waals surface area contributed by atoms with Crippen LogP contribution in [0.1, 0.15) is 11.5 Å². The lowest BCUT2D eigenvalue weighted by atomic mass is 10.1. The number of hydrogen-bond donors (Lipinski definition) is 2. The molecule has 0 saturated carbocycles. The average molecular weight is 255 g/mol. The monoisotopic (exact) mass is 255 g/mol. The van der Waals surface area contributed by atoms with Crippen molar-refractivity contribution in [2.24, 2.45) is 0 Å². The Hall–Kier alpha value is -2.56. The van der Waals surface area contributed by atoms with Gasteiger partial charge < -0.3 is 14.9 Å². The van der Waals surface area contributed by atoms with Crippen molar-refractivity contribution in [3.63, 3.8) is 0 Å². The minimum absolute atomic E-state index is 0.223. The molecule has 5 nitrogen and oxygen atoms in total. The van der Waals surface area contributed by atoms with Gasteiger partial charge in [0, 0.05) is 17.6 Å². The molecule has 0 aliphatic rings. The third kappa shape index (κ3) is 2.35. The van der Waals surface area contributed by atoms with E-state index < -0.39 is 0 Å². The van der Waals surface area contributed by atoms with Crippen LogP contribution in [0.5, 0.6) is 5.75 Å². The van der Waals surface area contributed by atoms with E-state index in [4.69, 9.17) is 4.52 Å². The molecule has 0 saturated heterocycles. The van der Waals surface area contributed by atoms with Crippen LogP contribution in [0.2, 0.25) is 0 Å². The highest BCUT2D eigenvalue weighted by Gasteiger charge is 2.05. The molecule has 5 heteroatoms. The number of phenolic OH excluding ortho intramolecular Hbond substituents is 1. The summed E-state index contributed by atoms with van der Waals surface area (Å²) in [6.45, 7) is 2.38. The van der Waals surface area contributed by atoms with Gasteiger partial charge in [-0.25, -0.2) is 4.98 Å². The van der Waals surface area contributed by atoms with Crippen LogP contribution in [0.3, 0.4) is 0 Å². The van der Waals surface area contributed by atoms with Crippen LogP contribution in [-0.2, 0) is 6.54 Å². The number of nitrogens with one attached hydrogen (secondary N) is 1. The standard InChI is InChI=1S/C14H13N3O2/c1-9-6-11(17-19-9)8-16-14-13-7-12(18)3-2-10(13)4-5-15-14/h2-7,18H,8H2,1H3,(H,15,16). The van der Waals surface area contributed by atoms with Crippen molar-refractivity contribution in [1.29, 1.82) is 0 Å². The van der Waals surface area contributed by atoms with Gasteiger partial charge in [0.2, 0.25) is 0 Å². The summed E-state index contributed by atoms with van der Waals surface area (Å²) in [6, 6.07) is 8.99. The molecule has 2 aromatic heterocycles. The number of rotatable bonds is 3. The molecular weight excluding hydrogens is 242 g/mol. The van der Waals surface area contributed by atoms with Gasteiger partial charge >= 0.3 is 0 Å². The first-order valence-corrected chi connectivity index (χ1v) is 5.96. The first kappa shape index (κ1) is 11.5. The number of pyridine rings is 1. The molecule has 0 unspecified atom stereocenters. The Morgan fingerprint density at radius 2 is 2.16 bits per heavy atom. The van der Waals surface area contributed by atoms with Gasteiger partial charge in [0.1, 0.15) is 23.0 Å². The zero-order valence-corrected chi connectivity index (χ0v) is 10.4. The van der Waals surface area contributed by atoms with E-state index in [0.717, 1.165) is 22.2 Å². The molecule has 0 spiro atoms. The molecule has 96 valence electrons. The Morgan fingerprint density at radius 3 is 2.95 bits per heavy atom. The number of aryl methyl sites for hydroxylation is 1. The van der Waals surface area contributed by atoms with E-state index in [9.17, 15) is 5.11 Å². The van der Waals surface area contributed by atoms with E-state index in [1.165, 1.54) is 0 Å². The SMILES string of the molecule is Cc1cc(CNc2nccc3ccc(O)cc23)no1. The highest BCUT2D eigenvalue weighted by molar-refractivity contribution is 5.92. The summed E-state index contributed by atoms with van der Waals surface area (Å²) in [4.78, 5) is 4.29. The fraction of sp³-hybridized carbons (Fsp3) is 0.143. The summed E-state index contributed by atoms with van der Waals surface area (Å²) >= 11 is 0. The van der Waals surface area contributed by atoms with Crippen LogP contribution in [0, 0.1) is 6.92 Å². The smallest absolute Gasteiger partial charge is 0.134 e. The van der Waals surface area contributed by atoms with Gasteiger partial charge in [0.15, 0.2) is 0 Å². The Morgan fingerprint density at radius 1 is 1.26 bits per heavy atom. The van der Waals surface area contributed by atoms with Gasteiger partial charge in [-0.2, -0.15) is 0 Å². The number of aromatic hydroxyl groups is 1. The summed E-state index contributed by atoms with van der Waals surface area (Å²) in [5, 5.41) is 18.6. The first-order chi connectivity index (χ1) is 9.22. The van der Waals surface area contributed by atoms with Gasteiger partial charge in [-0.3, -0.25) is 0 Å². The highest BCUT2D eigenvalue weighted by Crippen LogP contribution is 2.25. The summed E-state index contributed by atoms with van der Waals surface area (Å²) in [5.41, 5.74) is 0.816. The molecule has 3 aromatic rings. The number of nitrogens with zero attached hydrogens (tertiary/aromatic N) is 2. The second-order valence-electron chi connectivity index (χ2n) is 4.35. The summed E-state index contributed by atoms with van der Waals surface area (Å²) < 4.78 is 5.01. The molecule has 0 radical (unpaired) electrons. The zero-order valence-electron chi connectivity index (χ0n) is 10.4. The molecular formula is C14H13N3O2. The fourth-order valence-corrected chi connectivity index (χ4v) is 1.97. The Kier molecular flexibility index (Phi) is 2.79. The van der Waals surface area contributed by atoms with Crippen molar-refractivity contribution in [2.75, 3.05) is 5.32 Å². The number of hydrogen-bond acceptors (Lipinski definition) is 5. The predicted molar refractivity (Wildman–Crippen MR) is 72.0 cm³/mol. The van der Waals surface area contributed by atoms with Crippen molar-refractivity contribution in [2.45, 2.75) is 13.5 Å². The number of fused-ring (bicyclic) bond motifs is 1. The lowest BCUT2D eigenvalue weighted by molar-refractivity contribution is 0.391. The summed E-state index contributed by atoms with van der Waals surface area (Å²) in [5.74, 6) is 1.72. The lowest BCUT2D eigenvalue weighted by Gasteiger charge is -2.07. The molecule has 0 amide bonds. The maximum absolute atomic E-state index is 9.56. The average Bonchev–Trinajstić information content (AvgIpc) is 2.82. The van der Waals surface area contributed by atoms with Gasteiger partial charge in [-0.05, 0) is 30.5 Å². The number of benzene rings is 1. The molecule has 0 bridgehead atoms. The topological polar surface area (TPSA) is 71.2 Å². The van der Waals surface area contributed by atoms with Crippen LogP contribution in [0.25, 0.3) is 10.8 Å². The van der Waals surface area contributed by atoms with E-state index in [2.05, 4.69) is 15.5 Å². The second-order valence-corrected chi connectivity index (χ2v) is 4.35. The van der Waals surface area contributed by atoms with E-state index in [1.54, 1.807) is 18.3 Å². The van der Waals surface area contributed by atoms with Crippen LogP contribution in [0.4, 0.5) is 5.82 Å². The molecule has 19 heavy (non-hydrogen) atoms. The highest BCUT2D eigenvalue weighted by atomic mass is 16.5. The number of anilines is 1. The molecule has 0 fully saturated rings. The van der Waals surface area contributed by atoms with Crippen LogP contribution >= 0.6 is 0 Å². The summed E-state index contributed by atoms with van der Waals surface area (Å²) in [7, 11) is 0. The molecule has 1 aromatic carbocycles. The Balaban J connectivity index is 1.90. The predicted octanol–water partition coefficient (Wildman–Crippen LogP) is 2.85.